The SMILES string of the molecule is CCCCO[C@H](C)n1c2ccccc2c2ccccc21. The van der Waals surface area contributed by atoms with E-state index in [-0.39, 0.29) is 6.23 Å². The van der Waals surface area contributed by atoms with Crippen LogP contribution in [-0.2, 0) is 4.74 Å². The maximum atomic E-state index is 6.01. The Hall–Kier alpha value is -1.80. The highest BCUT2D eigenvalue weighted by Gasteiger charge is 2.14. The Balaban J connectivity index is 2.11. The van der Waals surface area contributed by atoms with Crippen molar-refractivity contribution in [2.24, 2.45) is 0 Å². The number of para-hydroxylation sites is 2. The fraction of sp³-hybridized carbons (Fsp3) is 0.333. The summed E-state index contributed by atoms with van der Waals surface area (Å²) in [6.45, 7) is 5.14. The molecular formula is C18H21NO. The van der Waals surface area contributed by atoms with Crippen molar-refractivity contribution in [1.82, 2.24) is 4.57 Å². The van der Waals surface area contributed by atoms with Gasteiger partial charge < -0.3 is 9.30 Å². The van der Waals surface area contributed by atoms with Gasteiger partial charge in [-0.3, -0.25) is 0 Å². The summed E-state index contributed by atoms with van der Waals surface area (Å²) in [6, 6.07) is 17.1. The third kappa shape index (κ3) is 2.20. The number of benzene rings is 2. The van der Waals surface area contributed by atoms with Crippen LogP contribution in [0.1, 0.15) is 32.9 Å². The number of unbranched alkanes of at least 4 members (excludes halogenated alkanes) is 1. The summed E-state index contributed by atoms with van der Waals surface area (Å²) < 4.78 is 8.31. The van der Waals surface area contributed by atoms with Crippen LogP contribution in [0.3, 0.4) is 0 Å². The van der Waals surface area contributed by atoms with Crippen molar-refractivity contribution in [3.63, 3.8) is 0 Å². The molecular weight excluding hydrogens is 246 g/mol. The van der Waals surface area contributed by atoms with Crippen LogP contribution >= 0.6 is 0 Å². The molecule has 0 spiro atoms. The first kappa shape index (κ1) is 13.2. The Labute approximate surface area is 120 Å². The van der Waals surface area contributed by atoms with Gasteiger partial charge in [-0.15, -0.1) is 0 Å². The van der Waals surface area contributed by atoms with E-state index in [0.29, 0.717) is 0 Å². The van der Waals surface area contributed by atoms with E-state index >= 15 is 0 Å². The predicted octanol–water partition coefficient (Wildman–Crippen LogP) is 5.13. The minimum absolute atomic E-state index is 0.0614. The lowest BCUT2D eigenvalue weighted by atomic mass is 10.2. The number of nitrogens with zero attached hydrogens (tertiary/aromatic N) is 1. The van der Waals surface area contributed by atoms with Gasteiger partial charge in [0, 0.05) is 17.4 Å². The molecule has 0 aliphatic rings. The second-order valence-electron chi connectivity index (χ2n) is 5.23. The molecule has 2 nitrogen and oxygen atoms in total. The monoisotopic (exact) mass is 267 g/mol. The third-order valence-corrected chi connectivity index (χ3v) is 3.84. The highest BCUT2D eigenvalue weighted by molar-refractivity contribution is 6.08. The molecule has 0 bridgehead atoms. The minimum Gasteiger partial charge on any atom is -0.358 e. The fourth-order valence-corrected chi connectivity index (χ4v) is 2.82. The van der Waals surface area contributed by atoms with Crippen LogP contribution in [0.25, 0.3) is 21.8 Å². The Bertz CT molecular complexity index is 660. The van der Waals surface area contributed by atoms with Gasteiger partial charge in [0.05, 0.1) is 11.0 Å². The number of rotatable bonds is 5. The van der Waals surface area contributed by atoms with Crippen LogP contribution in [0.5, 0.6) is 0 Å². The molecule has 0 unspecified atom stereocenters. The summed E-state index contributed by atoms with van der Waals surface area (Å²) in [6.07, 6.45) is 2.34. The standard InChI is InChI=1S/C18H21NO/c1-3-4-13-20-14(2)19-17-11-7-5-9-15(17)16-10-6-8-12-18(16)19/h5-12,14H,3-4,13H2,1-2H3/t14-/m1/s1. The van der Waals surface area contributed by atoms with Gasteiger partial charge in [-0.25, -0.2) is 0 Å². The molecule has 104 valence electrons. The van der Waals surface area contributed by atoms with Gasteiger partial charge in [0.2, 0.25) is 0 Å². The zero-order chi connectivity index (χ0) is 13.9. The van der Waals surface area contributed by atoms with E-state index in [1.807, 2.05) is 0 Å². The molecule has 3 rings (SSSR count). The number of ether oxygens (including phenoxy) is 1. The number of hydrogen-bond acceptors (Lipinski definition) is 1. The number of aromatic nitrogens is 1. The highest BCUT2D eigenvalue weighted by atomic mass is 16.5. The molecule has 2 aromatic carbocycles. The molecule has 20 heavy (non-hydrogen) atoms. The van der Waals surface area contributed by atoms with E-state index in [2.05, 4.69) is 66.9 Å². The first-order valence-electron chi connectivity index (χ1n) is 7.42. The molecule has 1 atom stereocenters. The van der Waals surface area contributed by atoms with Crippen LogP contribution in [-0.4, -0.2) is 11.2 Å². The summed E-state index contributed by atoms with van der Waals surface area (Å²) in [7, 11) is 0. The third-order valence-electron chi connectivity index (χ3n) is 3.84. The quantitative estimate of drug-likeness (QED) is 0.584. The van der Waals surface area contributed by atoms with Crippen LogP contribution in [0.4, 0.5) is 0 Å². The van der Waals surface area contributed by atoms with Crippen molar-refractivity contribution < 1.29 is 4.74 Å². The molecule has 0 aliphatic carbocycles. The second kappa shape index (κ2) is 5.68. The maximum absolute atomic E-state index is 6.01. The van der Waals surface area contributed by atoms with Crippen LogP contribution in [0, 0.1) is 0 Å². The number of hydrogen-bond donors (Lipinski definition) is 0. The average molecular weight is 267 g/mol. The summed E-state index contributed by atoms with van der Waals surface area (Å²) in [5.74, 6) is 0. The lowest BCUT2D eigenvalue weighted by Gasteiger charge is -2.17. The molecule has 0 N–H and O–H groups in total. The molecule has 0 saturated heterocycles. The van der Waals surface area contributed by atoms with E-state index in [4.69, 9.17) is 4.74 Å². The van der Waals surface area contributed by atoms with Crippen molar-refractivity contribution in [2.75, 3.05) is 6.61 Å². The van der Waals surface area contributed by atoms with Crippen molar-refractivity contribution in [1.29, 1.82) is 0 Å². The molecule has 0 radical (unpaired) electrons. The largest absolute Gasteiger partial charge is 0.358 e. The van der Waals surface area contributed by atoms with Crippen molar-refractivity contribution in [3.8, 4) is 0 Å². The van der Waals surface area contributed by atoms with Gasteiger partial charge in [-0.05, 0) is 25.5 Å². The highest BCUT2D eigenvalue weighted by Crippen LogP contribution is 2.31. The molecule has 1 aromatic heterocycles. The Kier molecular flexibility index (Phi) is 3.75. The van der Waals surface area contributed by atoms with E-state index in [9.17, 15) is 0 Å². The van der Waals surface area contributed by atoms with Gasteiger partial charge in [-0.2, -0.15) is 0 Å². The first-order chi connectivity index (χ1) is 9.83. The van der Waals surface area contributed by atoms with Gasteiger partial charge >= 0.3 is 0 Å². The van der Waals surface area contributed by atoms with E-state index < -0.39 is 0 Å². The first-order valence-corrected chi connectivity index (χ1v) is 7.42. The van der Waals surface area contributed by atoms with Crippen molar-refractivity contribution in [2.45, 2.75) is 32.9 Å². The van der Waals surface area contributed by atoms with E-state index in [1.165, 1.54) is 28.2 Å². The second-order valence-corrected chi connectivity index (χ2v) is 5.23. The Morgan fingerprint density at radius 1 is 0.950 bits per heavy atom. The maximum Gasteiger partial charge on any atom is 0.131 e. The smallest absolute Gasteiger partial charge is 0.131 e. The van der Waals surface area contributed by atoms with Crippen LogP contribution in [0.15, 0.2) is 48.5 Å². The average Bonchev–Trinajstić information content (AvgIpc) is 2.82. The van der Waals surface area contributed by atoms with E-state index in [0.717, 1.165) is 13.0 Å². The van der Waals surface area contributed by atoms with Crippen LogP contribution in [0.2, 0.25) is 0 Å². The molecule has 1 heterocycles. The fourth-order valence-electron chi connectivity index (χ4n) is 2.82. The summed E-state index contributed by atoms with van der Waals surface area (Å²) >= 11 is 0. The molecule has 0 aliphatic heterocycles. The molecule has 0 amide bonds. The van der Waals surface area contributed by atoms with Gasteiger partial charge in [-0.1, -0.05) is 49.7 Å². The van der Waals surface area contributed by atoms with E-state index in [1.54, 1.807) is 0 Å². The van der Waals surface area contributed by atoms with Crippen molar-refractivity contribution >= 4 is 21.8 Å². The summed E-state index contributed by atoms with van der Waals surface area (Å²) in [5, 5.41) is 2.60. The lowest BCUT2D eigenvalue weighted by molar-refractivity contribution is 0.0205. The normalized spacial score (nSPS) is 13.1. The Morgan fingerprint density at radius 2 is 1.50 bits per heavy atom. The summed E-state index contributed by atoms with van der Waals surface area (Å²) in [5.41, 5.74) is 2.50. The minimum atomic E-state index is 0.0614. The summed E-state index contributed by atoms with van der Waals surface area (Å²) in [4.78, 5) is 0. The van der Waals surface area contributed by atoms with Gasteiger partial charge in [0.1, 0.15) is 6.23 Å². The van der Waals surface area contributed by atoms with Gasteiger partial charge in [0.15, 0.2) is 0 Å². The lowest BCUT2D eigenvalue weighted by Crippen LogP contribution is -2.09. The Morgan fingerprint density at radius 3 is 2.05 bits per heavy atom. The molecule has 3 aromatic rings. The topological polar surface area (TPSA) is 14.2 Å². The molecule has 0 saturated carbocycles. The van der Waals surface area contributed by atoms with Gasteiger partial charge in [0.25, 0.3) is 0 Å². The zero-order valence-electron chi connectivity index (χ0n) is 12.2. The van der Waals surface area contributed by atoms with Crippen LogP contribution < -0.4 is 0 Å². The molecule has 0 fully saturated rings. The number of fused-ring (bicyclic) bond motifs is 3. The zero-order valence-corrected chi connectivity index (χ0v) is 12.2. The van der Waals surface area contributed by atoms with Crippen molar-refractivity contribution in [3.05, 3.63) is 48.5 Å². The molecule has 2 heteroatoms. The predicted molar refractivity (Wildman–Crippen MR) is 85.0 cm³/mol.